The number of pyridine rings is 1. The van der Waals surface area contributed by atoms with Gasteiger partial charge in [-0.1, -0.05) is 29.8 Å². The molecule has 0 fully saturated rings. The number of methoxy groups -OCH3 is 2. The summed E-state index contributed by atoms with van der Waals surface area (Å²) in [6, 6.07) is 9.04. The van der Waals surface area contributed by atoms with Crippen molar-refractivity contribution in [2.24, 2.45) is 5.92 Å². The SMILES string of the molecule is COC(=O)C(C(=O)OC)[C@H](NS(=O)(=O)c1ccccn1)c1ccc(Cl)cc1. The lowest BCUT2D eigenvalue weighted by Gasteiger charge is -2.24. The number of hydrogen-bond acceptors (Lipinski definition) is 7. The molecule has 1 N–H and O–H groups in total. The summed E-state index contributed by atoms with van der Waals surface area (Å²) in [4.78, 5) is 28.2. The van der Waals surface area contributed by atoms with Gasteiger partial charge in [-0.3, -0.25) is 9.59 Å². The first-order valence-corrected chi connectivity index (χ1v) is 9.50. The molecule has 10 heteroatoms. The molecule has 27 heavy (non-hydrogen) atoms. The minimum absolute atomic E-state index is 0.266. The summed E-state index contributed by atoms with van der Waals surface area (Å²) in [6.07, 6.45) is 1.31. The Bertz CT molecular complexity index is 887. The first-order valence-electron chi connectivity index (χ1n) is 7.64. The Morgan fingerprint density at radius 2 is 1.63 bits per heavy atom. The molecule has 2 rings (SSSR count). The van der Waals surface area contributed by atoms with Crippen molar-refractivity contribution in [1.82, 2.24) is 9.71 Å². The fourth-order valence-corrected chi connectivity index (χ4v) is 3.67. The molecule has 1 atom stereocenters. The van der Waals surface area contributed by atoms with Crippen LogP contribution in [0, 0.1) is 5.92 Å². The van der Waals surface area contributed by atoms with E-state index in [-0.39, 0.29) is 5.03 Å². The smallest absolute Gasteiger partial charge is 0.322 e. The van der Waals surface area contributed by atoms with E-state index in [0.29, 0.717) is 10.6 Å². The Kier molecular flexibility index (Phi) is 6.89. The molecule has 0 spiro atoms. The number of aromatic nitrogens is 1. The van der Waals surface area contributed by atoms with Crippen molar-refractivity contribution < 1.29 is 27.5 Å². The second kappa shape index (κ2) is 8.94. The normalized spacial score (nSPS) is 12.4. The van der Waals surface area contributed by atoms with E-state index in [2.05, 4.69) is 19.2 Å². The van der Waals surface area contributed by atoms with Crippen LogP contribution in [0.5, 0.6) is 0 Å². The van der Waals surface area contributed by atoms with Crippen molar-refractivity contribution in [2.45, 2.75) is 11.1 Å². The molecule has 0 radical (unpaired) electrons. The van der Waals surface area contributed by atoms with Gasteiger partial charge in [-0.05, 0) is 29.8 Å². The van der Waals surface area contributed by atoms with E-state index in [1.165, 1.54) is 42.6 Å². The molecular formula is C17H17ClN2O6S. The lowest BCUT2D eigenvalue weighted by Crippen LogP contribution is -2.41. The lowest BCUT2D eigenvalue weighted by atomic mass is 9.94. The molecule has 0 aliphatic heterocycles. The highest BCUT2D eigenvalue weighted by atomic mass is 35.5. The number of rotatable bonds is 7. The molecule has 1 aromatic carbocycles. The van der Waals surface area contributed by atoms with Crippen LogP contribution in [-0.2, 0) is 29.1 Å². The summed E-state index contributed by atoms with van der Waals surface area (Å²) in [7, 11) is -1.98. The third kappa shape index (κ3) is 5.03. The number of carbonyl (C=O) groups excluding carboxylic acids is 2. The van der Waals surface area contributed by atoms with Crippen LogP contribution in [0.1, 0.15) is 11.6 Å². The molecule has 144 valence electrons. The van der Waals surface area contributed by atoms with E-state index < -0.39 is 33.9 Å². The third-order valence-electron chi connectivity index (χ3n) is 3.67. The minimum Gasteiger partial charge on any atom is -0.468 e. The van der Waals surface area contributed by atoms with Crippen LogP contribution in [0.15, 0.2) is 53.7 Å². The van der Waals surface area contributed by atoms with Crippen LogP contribution in [0.4, 0.5) is 0 Å². The van der Waals surface area contributed by atoms with Gasteiger partial charge in [-0.15, -0.1) is 0 Å². The van der Waals surface area contributed by atoms with Gasteiger partial charge in [-0.2, -0.15) is 0 Å². The summed E-state index contributed by atoms with van der Waals surface area (Å²) in [5.41, 5.74) is 0.319. The molecule has 1 aromatic heterocycles. The monoisotopic (exact) mass is 412 g/mol. The lowest BCUT2D eigenvalue weighted by molar-refractivity contribution is -0.160. The molecule has 0 aliphatic carbocycles. The van der Waals surface area contributed by atoms with E-state index in [9.17, 15) is 18.0 Å². The molecule has 1 heterocycles. The van der Waals surface area contributed by atoms with Gasteiger partial charge in [0.15, 0.2) is 10.9 Å². The molecule has 0 aliphatic rings. The second-order valence-electron chi connectivity index (χ2n) is 5.34. The van der Waals surface area contributed by atoms with Crippen molar-refractivity contribution in [3.05, 3.63) is 59.2 Å². The average Bonchev–Trinajstić information content (AvgIpc) is 2.68. The predicted octanol–water partition coefficient (Wildman–Crippen LogP) is 1.72. The highest BCUT2D eigenvalue weighted by Crippen LogP contribution is 2.28. The number of nitrogens with one attached hydrogen (secondary N) is 1. The largest absolute Gasteiger partial charge is 0.468 e. The number of carbonyl (C=O) groups is 2. The van der Waals surface area contributed by atoms with Gasteiger partial charge in [0.1, 0.15) is 0 Å². The number of benzene rings is 1. The van der Waals surface area contributed by atoms with Crippen LogP contribution >= 0.6 is 11.6 Å². The number of nitrogens with zero attached hydrogens (tertiary/aromatic N) is 1. The molecule has 0 unspecified atom stereocenters. The molecule has 0 saturated heterocycles. The van der Waals surface area contributed by atoms with Gasteiger partial charge in [0.25, 0.3) is 10.0 Å². The highest BCUT2D eigenvalue weighted by Gasteiger charge is 2.40. The molecule has 0 saturated carbocycles. The van der Waals surface area contributed by atoms with Gasteiger partial charge in [0.2, 0.25) is 0 Å². The van der Waals surface area contributed by atoms with E-state index in [4.69, 9.17) is 11.6 Å². The third-order valence-corrected chi connectivity index (χ3v) is 5.28. The molecular weight excluding hydrogens is 396 g/mol. The highest BCUT2D eigenvalue weighted by molar-refractivity contribution is 7.89. The molecule has 8 nitrogen and oxygen atoms in total. The zero-order valence-corrected chi connectivity index (χ0v) is 16.0. The molecule has 2 aromatic rings. The Morgan fingerprint density at radius 3 is 2.11 bits per heavy atom. The van der Waals surface area contributed by atoms with Crippen LogP contribution in [0.25, 0.3) is 0 Å². The van der Waals surface area contributed by atoms with Crippen LogP contribution in [0.2, 0.25) is 5.02 Å². The van der Waals surface area contributed by atoms with Crippen molar-refractivity contribution in [3.8, 4) is 0 Å². The minimum atomic E-state index is -4.16. The number of hydrogen-bond donors (Lipinski definition) is 1. The Hall–Kier alpha value is -2.49. The van der Waals surface area contributed by atoms with Crippen molar-refractivity contribution in [3.63, 3.8) is 0 Å². The van der Waals surface area contributed by atoms with Gasteiger partial charge in [0, 0.05) is 11.2 Å². The zero-order valence-electron chi connectivity index (χ0n) is 14.5. The summed E-state index contributed by atoms with van der Waals surface area (Å²) in [5.74, 6) is -3.48. The average molecular weight is 413 g/mol. The Morgan fingerprint density at radius 1 is 1.04 bits per heavy atom. The van der Waals surface area contributed by atoms with Crippen molar-refractivity contribution in [2.75, 3.05) is 14.2 Å². The van der Waals surface area contributed by atoms with Gasteiger partial charge in [-0.25, -0.2) is 18.1 Å². The summed E-state index contributed by atoms with van der Waals surface area (Å²) in [5, 5.41) is 0.134. The predicted molar refractivity (Wildman–Crippen MR) is 96.3 cm³/mol. The summed E-state index contributed by atoms with van der Waals surface area (Å²) < 4.78 is 37.1. The number of halogens is 1. The Labute approximate surface area is 161 Å². The van der Waals surface area contributed by atoms with Crippen LogP contribution in [0.3, 0.4) is 0 Å². The number of sulfonamides is 1. The first-order chi connectivity index (χ1) is 12.8. The summed E-state index contributed by atoms with van der Waals surface area (Å²) >= 11 is 5.87. The fraction of sp³-hybridized carbons (Fsp3) is 0.235. The van der Waals surface area contributed by atoms with Crippen molar-refractivity contribution in [1.29, 1.82) is 0 Å². The van der Waals surface area contributed by atoms with E-state index >= 15 is 0 Å². The maximum Gasteiger partial charge on any atom is 0.322 e. The van der Waals surface area contributed by atoms with Crippen LogP contribution in [-0.4, -0.2) is 39.6 Å². The quantitative estimate of drug-likeness (QED) is 0.544. The number of ether oxygens (including phenoxy) is 2. The van der Waals surface area contributed by atoms with E-state index in [1.54, 1.807) is 6.07 Å². The molecule has 0 amide bonds. The van der Waals surface area contributed by atoms with E-state index in [0.717, 1.165) is 14.2 Å². The fourth-order valence-electron chi connectivity index (χ4n) is 2.35. The summed E-state index contributed by atoms with van der Waals surface area (Å²) in [6.45, 7) is 0. The van der Waals surface area contributed by atoms with Gasteiger partial charge >= 0.3 is 11.9 Å². The first kappa shape index (κ1) is 20.8. The van der Waals surface area contributed by atoms with Gasteiger partial charge in [0.05, 0.1) is 20.3 Å². The maximum absolute atomic E-state index is 12.7. The topological polar surface area (TPSA) is 112 Å². The van der Waals surface area contributed by atoms with Crippen molar-refractivity contribution >= 4 is 33.6 Å². The second-order valence-corrected chi connectivity index (χ2v) is 7.44. The molecule has 0 bridgehead atoms. The Balaban J connectivity index is 2.53. The zero-order chi connectivity index (χ0) is 20.0. The standard InChI is InChI=1S/C17H17ClN2O6S/c1-25-16(21)14(17(22)26-2)15(11-6-8-12(18)9-7-11)20-27(23,24)13-5-3-4-10-19-13/h3-10,14-15,20H,1-2H3/t15-/m1/s1. The van der Waals surface area contributed by atoms with E-state index in [1.807, 2.05) is 0 Å². The number of esters is 2. The van der Waals surface area contributed by atoms with Gasteiger partial charge < -0.3 is 9.47 Å². The maximum atomic E-state index is 12.7. The van der Waals surface area contributed by atoms with Crippen LogP contribution < -0.4 is 4.72 Å².